The number of hydrogen-bond acceptors (Lipinski definition) is 9. The molecule has 0 atom stereocenters. The zero-order chi connectivity index (χ0) is 31.0. The molecule has 12 heteroatoms. The van der Waals surface area contributed by atoms with Crippen molar-refractivity contribution in [3.8, 4) is 22.6 Å². The van der Waals surface area contributed by atoms with Crippen LogP contribution >= 0.6 is 0 Å². The number of amides is 1. The molecular weight excluding hydrogens is 565 g/mol. The molecule has 226 valence electrons. The number of halogens is 1. The first-order valence-corrected chi connectivity index (χ1v) is 14.2. The number of pyridine rings is 1. The molecule has 2 aromatic carbocycles. The summed E-state index contributed by atoms with van der Waals surface area (Å²) in [5.41, 5.74) is 1.53. The largest absolute Gasteiger partial charge is 0.493 e. The molecule has 0 saturated carbocycles. The molecule has 11 nitrogen and oxygen atoms in total. The summed E-state index contributed by atoms with van der Waals surface area (Å²) in [5, 5.41) is 19.1. The Morgan fingerprint density at radius 1 is 1.11 bits per heavy atom. The Morgan fingerprint density at radius 3 is 2.64 bits per heavy atom. The second kappa shape index (κ2) is 11.5. The van der Waals surface area contributed by atoms with E-state index in [1.807, 2.05) is 6.07 Å². The monoisotopic (exact) mass is 597 g/mol. The van der Waals surface area contributed by atoms with Crippen LogP contribution in [0.1, 0.15) is 32.3 Å². The van der Waals surface area contributed by atoms with E-state index in [2.05, 4.69) is 31.9 Å². The van der Waals surface area contributed by atoms with Crippen LogP contribution in [0.25, 0.3) is 27.7 Å². The molecule has 1 aliphatic heterocycles. The van der Waals surface area contributed by atoms with Crippen molar-refractivity contribution in [1.29, 1.82) is 0 Å². The summed E-state index contributed by atoms with van der Waals surface area (Å²) in [7, 11) is 1.56. The smallest absolute Gasteiger partial charge is 0.245 e. The molecule has 6 rings (SSSR count). The molecule has 1 fully saturated rings. The van der Waals surface area contributed by atoms with E-state index in [-0.39, 0.29) is 12.0 Å². The highest BCUT2D eigenvalue weighted by atomic mass is 19.1. The van der Waals surface area contributed by atoms with E-state index in [0.29, 0.717) is 82.2 Å². The number of likely N-dealkylation sites (tertiary alicyclic amines) is 1. The molecule has 44 heavy (non-hydrogen) atoms. The minimum absolute atomic E-state index is 0.0898. The molecule has 2 N–H and O–H groups in total. The lowest BCUT2D eigenvalue weighted by Crippen LogP contribution is -2.41. The van der Waals surface area contributed by atoms with Crippen LogP contribution in [0.2, 0.25) is 0 Å². The minimum Gasteiger partial charge on any atom is -0.493 e. The van der Waals surface area contributed by atoms with E-state index in [0.717, 1.165) is 0 Å². The van der Waals surface area contributed by atoms with Crippen molar-refractivity contribution >= 4 is 34.0 Å². The van der Waals surface area contributed by atoms with Crippen molar-refractivity contribution in [2.75, 3.05) is 25.5 Å². The number of ether oxygens (including phenoxy) is 2. The number of aliphatic hydroxyl groups is 1. The second-order valence-electron chi connectivity index (χ2n) is 11.1. The lowest BCUT2D eigenvalue weighted by atomic mass is 9.93. The first kappa shape index (κ1) is 29.0. The SMILES string of the molecule is C=CC(=O)N1CCC(Oc2cc3c(Nc4cc(-c5ccn6ncnc6c5)c(F)cc4C(C)(C)O)ncnc3cc2OC)CC1. The summed E-state index contributed by atoms with van der Waals surface area (Å²) >= 11 is 0. The van der Waals surface area contributed by atoms with Crippen LogP contribution in [0.15, 0.2) is 67.9 Å². The van der Waals surface area contributed by atoms with Gasteiger partial charge in [0, 0.05) is 60.4 Å². The highest BCUT2D eigenvalue weighted by molar-refractivity contribution is 5.93. The molecule has 4 heterocycles. The van der Waals surface area contributed by atoms with Crippen molar-refractivity contribution < 1.29 is 23.8 Å². The maximum atomic E-state index is 15.5. The van der Waals surface area contributed by atoms with Crippen LogP contribution in [0.3, 0.4) is 0 Å². The van der Waals surface area contributed by atoms with Gasteiger partial charge in [0.25, 0.3) is 0 Å². The van der Waals surface area contributed by atoms with E-state index in [9.17, 15) is 9.90 Å². The number of carbonyl (C=O) groups is 1. The fourth-order valence-electron chi connectivity index (χ4n) is 5.43. The van der Waals surface area contributed by atoms with Gasteiger partial charge >= 0.3 is 0 Å². The van der Waals surface area contributed by atoms with Gasteiger partial charge in [-0.05, 0) is 55.8 Å². The molecule has 1 amide bonds. The number of nitrogens with one attached hydrogen (secondary N) is 1. The van der Waals surface area contributed by atoms with Gasteiger partial charge in [-0.25, -0.2) is 23.9 Å². The molecule has 3 aromatic heterocycles. The molecule has 5 aromatic rings. The fourth-order valence-corrected chi connectivity index (χ4v) is 5.43. The summed E-state index contributed by atoms with van der Waals surface area (Å²) < 4.78 is 29.1. The number of piperidine rings is 1. The molecule has 1 aliphatic rings. The van der Waals surface area contributed by atoms with Crippen molar-refractivity contribution in [3.05, 3.63) is 79.3 Å². The van der Waals surface area contributed by atoms with E-state index in [4.69, 9.17) is 9.47 Å². The van der Waals surface area contributed by atoms with E-state index < -0.39 is 11.4 Å². The van der Waals surface area contributed by atoms with E-state index in [1.54, 1.807) is 60.8 Å². The molecule has 0 aliphatic carbocycles. The van der Waals surface area contributed by atoms with Crippen molar-refractivity contribution in [2.45, 2.75) is 38.4 Å². The Hall–Kier alpha value is -5.10. The van der Waals surface area contributed by atoms with Crippen molar-refractivity contribution in [2.24, 2.45) is 0 Å². The van der Waals surface area contributed by atoms with Gasteiger partial charge in [-0.2, -0.15) is 5.10 Å². The highest BCUT2D eigenvalue weighted by Crippen LogP contribution is 2.39. The highest BCUT2D eigenvalue weighted by Gasteiger charge is 2.26. The average Bonchev–Trinajstić information content (AvgIpc) is 3.49. The van der Waals surface area contributed by atoms with Crippen LogP contribution < -0.4 is 14.8 Å². The average molecular weight is 598 g/mol. The lowest BCUT2D eigenvalue weighted by Gasteiger charge is -2.31. The molecule has 0 unspecified atom stereocenters. The van der Waals surface area contributed by atoms with Crippen LogP contribution in [-0.2, 0) is 10.4 Å². The quantitative estimate of drug-likeness (QED) is 0.237. The summed E-state index contributed by atoms with van der Waals surface area (Å²) in [6.45, 7) is 7.89. The third-order valence-corrected chi connectivity index (χ3v) is 7.75. The number of methoxy groups -OCH3 is 1. The predicted octanol–water partition coefficient (Wildman–Crippen LogP) is 5.01. The Morgan fingerprint density at radius 2 is 1.91 bits per heavy atom. The molecule has 0 bridgehead atoms. The number of fused-ring (bicyclic) bond motifs is 2. The molecule has 0 radical (unpaired) electrons. The van der Waals surface area contributed by atoms with Gasteiger partial charge in [-0.15, -0.1) is 0 Å². The fraction of sp³-hybridized carbons (Fsp3) is 0.281. The summed E-state index contributed by atoms with van der Waals surface area (Å²) in [5.74, 6) is 0.871. The van der Waals surface area contributed by atoms with Gasteiger partial charge in [0.15, 0.2) is 17.1 Å². The number of carbonyl (C=O) groups excluding carboxylic acids is 1. The van der Waals surface area contributed by atoms with Gasteiger partial charge in [-0.3, -0.25) is 4.79 Å². The van der Waals surface area contributed by atoms with Crippen molar-refractivity contribution in [1.82, 2.24) is 29.5 Å². The second-order valence-corrected chi connectivity index (χ2v) is 11.1. The minimum atomic E-state index is -1.37. The van der Waals surface area contributed by atoms with Crippen LogP contribution in [0.5, 0.6) is 11.5 Å². The maximum Gasteiger partial charge on any atom is 0.245 e. The van der Waals surface area contributed by atoms with Crippen LogP contribution in [0.4, 0.5) is 15.9 Å². The number of aromatic nitrogens is 5. The van der Waals surface area contributed by atoms with Gasteiger partial charge in [-0.1, -0.05) is 6.58 Å². The zero-order valence-electron chi connectivity index (χ0n) is 24.6. The maximum absolute atomic E-state index is 15.5. The summed E-state index contributed by atoms with van der Waals surface area (Å²) in [6.07, 6.45) is 7.08. The number of rotatable bonds is 8. The van der Waals surface area contributed by atoms with Gasteiger partial charge in [0.1, 0.15) is 30.4 Å². The normalized spacial score (nSPS) is 14.2. The summed E-state index contributed by atoms with van der Waals surface area (Å²) in [4.78, 5) is 26.9. The standard InChI is InChI=1S/C32H32FN7O4/c1-5-30(41)39-9-7-20(8-10-39)44-28-14-22-25(16-27(28)43-4)34-17-36-31(22)38-26-13-21(24(33)15-23(26)32(2,3)42)19-6-11-40-29(12-19)35-18-37-40/h5-6,11-18,20,42H,1,7-10H2,2-4H3,(H,34,36,38). The topological polar surface area (TPSA) is 127 Å². The summed E-state index contributed by atoms with van der Waals surface area (Å²) in [6, 6.07) is 10.1. The Bertz CT molecular complexity index is 1880. The Labute approximate surface area is 253 Å². The first-order chi connectivity index (χ1) is 21.1. The van der Waals surface area contributed by atoms with Gasteiger partial charge in [0.05, 0.1) is 18.2 Å². The Kier molecular flexibility index (Phi) is 7.60. The van der Waals surface area contributed by atoms with Crippen LogP contribution in [-0.4, -0.2) is 66.8 Å². The van der Waals surface area contributed by atoms with E-state index >= 15 is 4.39 Å². The zero-order valence-corrected chi connectivity index (χ0v) is 24.6. The molecule has 0 spiro atoms. The number of benzene rings is 2. The van der Waals surface area contributed by atoms with Gasteiger partial charge in [0.2, 0.25) is 5.91 Å². The number of hydrogen-bond donors (Lipinski definition) is 2. The number of anilines is 2. The van der Waals surface area contributed by atoms with E-state index in [1.165, 1.54) is 24.8 Å². The lowest BCUT2D eigenvalue weighted by molar-refractivity contribution is -0.127. The first-order valence-electron chi connectivity index (χ1n) is 14.2. The predicted molar refractivity (Wildman–Crippen MR) is 163 cm³/mol. The van der Waals surface area contributed by atoms with Crippen molar-refractivity contribution in [3.63, 3.8) is 0 Å². The van der Waals surface area contributed by atoms with Gasteiger partial charge < -0.3 is 24.8 Å². The third kappa shape index (κ3) is 5.63. The molecule has 1 saturated heterocycles. The third-order valence-electron chi connectivity index (χ3n) is 7.75. The number of nitrogens with zero attached hydrogens (tertiary/aromatic N) is 6. The van der Waals surface area contributed by atoms with Crippen LogP contribution in [0, 0.1) is 5.82 Å². The molecular formula is C32H32FN7O4. The Balaban J connectivity index is 1.37.